The first-order valence-corrected chi connectivity index (χ1v) is 9.34. The van der Waals surface area contributed by atoms with Gasteiger partial charge in [0.2, 0.25) is 0 Å². The van der Waals surface area contributed by atoms with Crippen molar-refractivity contribution in [3.8, 4) is 17.6 Å². The molecule has 28 heavy (non-hydrogen) atoms. The molecule has 0 unspecified atom stereocenters. The molecule has 0 saturated carbocycles. The molecule has 0 atom stereocenters. The summed E-state index contributed by atoms with van der Waals surface area (Å²) < 4.78 is 11.3. The van der Waals surface area contributed by atoms with Crippen molar-refractivity contribution in [3.63, 3.8) is 0 Å². The summed E-state index contributed by atoms with van der Waals surface area (Å²) in [7, 11) is 1.56. The highest BCUT2D eigenvalue weighted by molar-refractivity contribution is 6.01. The maximum Gasteiger partial charge on any atom is 0.261 e. The zero-order chi connectivity index (χ0) is 20.4. The largest absolute Gasteiger partial charge is 0.493 e. The summed E-state index contributed by atoms with van der Waals surface area (Å²) >= 11 is 0. The summed E-state index contributed by atoms with van der Waals surface area (Å²) in [5.74, 6) is 0.787. The number of benzene rings is 2. The molecule has 0 heterocycles. The van der Waals surface area contributed by atoms with Crippen LogP contribution in [0.3, 0.4) is 0 Å². The standard InChI is InChI=1S/C23H26N2O3/c1-4-5-12-25-23(26)20(15-24)13-18-10-11-21(22(14-18)27-3)28-16-19-9-7-6-8-17(19)2/h6-11,13-14H,4-5,12,16H2,1-3H3,(H,25,26)/b20-13-. The number of hydrogen-bond donors (Lipinski definition) is 1. The number of aryl methyl sites for hydroxylation is 1. The molecule has 0 aliphatic rings. The maximum atomic E-state index is 12.1. The normalized spacial score (nSPS) is 10.9. The monoisotopic (exact) mass is 378 g/mol. The van der Waals surface area contributed by atoms with Crippen LogP contribution in [0.4, 0.5) is 0 Å². The third kappa shape index (κ3) is 5.88. The lowest BCUT2D eigenvalue weighted by atomic mass is 10.1. The molecule has 0 fully saturated rings. The lowest BCUT2D eigenvalue weighted by Crippen LogP contribution is -2.25. The van der Waals surface area contributed by atoms with Gasteiger partial charge in [-0.1, -0.05) is 43.7 Å². The smallest absolute Gasteiger partial charge is 0.261 e. The molecule has 0 radical (unpaired) electrons. The van der Waals surface area contributed by atoms with E-state index in [1.807, 2.05) is 44.2 Å². The van der Waals surface area contributed by atoms with E-state index in [1.165, 1.54) is 0 Å². The Morgan fingerprint density at radius 1 is 1.21 bits per heavy atom. The van der Waals surface area contributed by atoms with Crippen LogP contribution in [0.5, 0.6) is 11.5 Å². The minimum absolute atomic E-state index is 0.0618. The Morgan fingerprint density at radius 2 is 2.00 bits per heavy atom. The molecule has 0 bridgehead atoms. The van der Waals surface area contributed by atoms with E-state index in [4.69, 9.17) is 9.47 Å². The summed E-state index contributed by atoms with van der Waals surface area (Å²) in [5.41, 5.74) is 3.02. The second-order valence-electron chi connectivity index (χ2n) is 6.40. The van der Waals surface area contributed by atoms with E-state index in [0.717, 1.165) is 24.0 Å². The van der Waals surface area contributed by atoms with Crippen molar-refractivity contribution < 1.29 is 14.3 Å². The number of nitrogens with one attached hydrogen (secondary N) is 1. The molecule has 5 heteroatoms. The van der Waals surface area contributed by atoms with Crippen molar-refractivity contribution in [3.05, 3.63) is 64.7 Å². The van der Waals surface area contributed by atoms with Gasteiger partial charge in [0.05, 0.1) is 7.11 Å². The van der Waals surface area contributed by atoms with E-state index >= 15 is 0 Å². The second kappa shape index (κ2) is 10.8. The fourth-order valence-electron chi connectivity index (χ4n) is 2.61. The molecule has 0 saturated heterocycles. The number of methoxy groups -OCH3 is 1. The fraction of sp³-hybridized carbons (Fsp3) is 0.304. The number of hydrogen-bond acceptors (Lipinski definition) is 4. The highest BCUT2D eigenvalue weighted by atomic mass is 16.5. The van der Waals surface area contributed by atoms with Gasteiger partial charge in [-0.2, -0.15) is 5.26 Å². The molecule has 0 spiro atoms. The third-order valence-electron chi connectivity index (χ3n) is 4.32. The predicted molar refractivity (Wildman–Crippen MR) is 110 cm³/mol. The van der Waals surface area contributed by atoms with E-state index in [2.05, 4.69) is 5.32 Å². The van der Waals surface area contributed by atoms with Gasteiger partial charge < -0.3 is 14.8 Å². The van der Waals surface area contributed by atoms with Crippen LogP contribution in [-0.4, -0.2) is 19.6 Å². The number of nitrogens with zero attached hydrogens (tertiary/aromatic N) is 1. The summed E-state index contributed by atoms with van der Waals surface area (Å²) in [6, 6.07) is 15.3. The summed E-state index contributed by atoms with van der Waals surface area (Å²) in [5, 5.41) is 12.0. The number of carbonyl (C=O) groups excluding carboxylic acids is 1. The van der Waals surface area contributed by atoms with Crippen LogP contribution in [0.1, 0.15) is 36.5 Å². The van der Waals surface area contributed by atoms with Crippen LogP contribution >= 0.6 is 0 Å². The van der Waals surface area contributed by atoms with Gasteiger partial charge in [0.25, 0.3) is 5.91 Å². The van der Waals surface area contributed by atoms with Crippen LogP contribution in [-0.2, 0) is 11.4 Å². The van der Waals surface area contributed by atoms with Gasteiger partial charge >= 0.3 is 0 Å². The number of carbonyl (C=O) groups is 1. The summed E-state index contributed by atoms with van der Waals surface area (Å²) in [6.45, 7) is 5.08. The van der Waals surface area contributed by atoms with Gasteiger partial charge in [0.15, 0.2) is 11.5 Å². The van der Waals surface area contributed by atoms with E-state index in [9.17, 15) is 10.1 Å². The Labute approximate surface area is 166 Å². The van der Waals surface area contributed by atoms with E-state index in [1.54, 1.807) is 31.4 Å². The molecular formula is C23H26N2O3. The lowest BCUT2D eigenvalue weighted by molar-refractivity contribution is -0.117. The SMILES string of the molecule is CCCCNC(=O)/C(C#N)=C\c1ccc(OCc2ccccc2C)c(OC)c1. The molecule has 0 aliphatic carbocycles. The van der Waals surface area contributed by atoms with Crippen molar-refractivity contribution in [1.29, 1.82) is 5.26 Å². The molecule has 0 aliphatic heterocycles. The quantitative estimate of drug-likeness (QED) is 0.399. The Hall–Kier alpha value is -3.26. The highest BCUT2D eigenvalue weighted by Gasteiger charge is 2.10. The zero-order valence-electron chi connectivity index (χ0n) is 16.6. The third-order valence-corrected chi connectivity index (χ3v) is 4.32. The summed E-state index contributed by atoms with van der Waals surface area (Å²) in [4.78, 5) is 12.1. The van der Waals surface area contributed by atoms with Crippen molar-refractivity contribution >= 4 is 12.0 Å². The highest BCUT2D eigenvalue weighted by Crippen LogP contribution is 2.30. The maximum absolute atomic E-state index is 12.1. The van der Waals surface area contributed by atoms with Crippen LogP contribution in [0.2, 0.25) is 0 Å². The minimum atomic E-state index is -0.366. The number of unbranched alkanes of at least 4 members (excludes halogenated alkanes) is 1. The van der Waals surface area contributed by atoms with Gasteiger partial charge in [-0.05, 0) is 48.2 Å². The number of ether oxygens (including phenoxy) is 2. The van der Waals surface area contributed by atoms with Crippen LogP contribution < -0.4 is 14.8 Å². The first kappa shape index (κ1) is 21.0. The Balaban J connectivity index is 2.14. The van der Waals surface area contributed by atoms with Crippen molar-refractivity contribution in [1.82, 2.24) is 5.32 Å². The predicted octanol–water partition coefficient (Wildman–Crippen LogP) is 4.41. The second-order valence-corrected chi connectivity index (χ2v) is 6.40. The Bertz CT molecular complexity index is 882. The molecule has 2 aromatic rings. The van der Waals surface area contributed by atoms with Gasteiger partial charge in [0, 0.05) is 6.54 Å². The Morgan fingerprint density at radius 3 is 2.68 bits per heavy atom. The van der Waals surface area contributed by atoms with Gasteiger partial charge in [-0.15, -0.1) is 0 Å². The Kier molecular flexibility index (Phi) is 8.11. The molecule has 2 rings (SSSR count). The molecule has 1 amide bonds. The van der Waals surface area contributed by atoms with E-state index < -0.39 is 0 Å². The first-order valence-electron chi connectivity index (χ1n) is 9.34. The van der Waals surface area contributed by atoms with E-state index in [-0.39, 0.29) is 11.5 Å². The zero-order valence-corrected chi connectivity index (χ0v) is 16.6. The molecule has 5 nitrogen and oxygen atoms in total. The van der Waals surface area contributed by atoms with E-state index in [0.29, 0.717) is 30.2 Å². The number of nitriles is 1. The minimum Gasteiger partial charge on any atom is -0.493 e. The molecule has 146 valence electrons. The van der Waals surface area contributed by atoms with Crippen molar-refractivity contribution in [2.75, 3.05) is 13.7 Å². The topological polar surface area (TPSA) is 71.4 Å². The van der Waals surface area contributed by atoms with Crippen LogP contribution in [0, 0.1) is 18.3 Å². The molecular weight excluding hydrogens is 352 g/mol. The molecule has 2 aromatic carbocycles. The van der Waals surface area contributed by atoms with Crippen molar-refractivity contribution in [2.24, 2.45) is 0 Å². The average molecular weight is 378 g/mol. The van der Waals surface area contributed by atoms with Crippen LogP contribution in [0.15, 0.2) is 48.0 Å². The lowest BCUT2D eigenvalue weighted by Gasteiger charge is -2.12. The molecule has 0 aromatic heterocycles. The van der Waals surface area contributed by atoms with Crippen LogP contribution in [0.25, 0.3) is 6.08 Å². The average Bonchev–Trinajstić information content (AvgIpc) is 2.71. The number of amides is 1. The molecule has 1 N–H and O–H groups in total. The fourth-order valence-corrected chi connectivity index (χ4v) is 2.61. The van der Waals surface area contributed by atoms with Gasteiger partial charge in [-0.3, -0.25) is 4.79 Å². The van der Waals surface area contributed by atoms with Crippen molar-refractivity contribution in [2.45, 2.75) is 33.3 Å². The first-order chi connectivity index (χ1) is 13.6. The summed E-state index contributed by atoms with van der Waals surface area (Å²) in [6.07, 6.45) is 3.41. The van der Waals surface area contributed by atoms with Gasteiger partial charge in [0.1, 0.15) is 18.2 Å². The van der Waals surface area contributed by atoms with Gasteiger partial charge in [-0.25, -0.2) is 0 Å². The number of rotatable bonds is 9.